The summed E-state index contributed by atoms with van der Waals surface area (Å²) in [4.78, 5) is 21.1. The summed E-state index contributed by atoms with van der Waals surface area (Å²) in [6.07, 6.45) is 0. The number of halogens is 2. The molecule has 0 aliphatic rings. The number of rotatable bonds is 4. The highest BCUT2D eigenvalue weighted by Gasteiger charge is 2.12. The third-order valence-corrected chi connectivity index (χ3v) is 4.28. The van der Waals surface area contributed by atoms with Gasteiger partial charge in [-0.25, -0.2) is 9.97 Å². The predicted molar refractivity (Wildman–Crippen MR) is 106 cm³/mol. The normalized spacial score (nSPS) is 10.5. The van der Waals surface area contributed by atoms with Gasteiger partial charge in [-0.05, 0) is 61.9 Å². The van der Waals surface area contributed by atoms with Crippen LogP contribution < -0.4 is 10.6 Å². The molecule has 0 spiro atoms. The van der Waals surface area contributed by atoms with E-state index in [4.69, 9.17) is 23.2 Å². The molecule has 26 heavy (non-hydrogen) atoms. The van der Waals surface area contributed by atoms with Crippen LogP contribution in [0.5, 0.6) is 0 Å². The van der Waals surface area contributed by atoms with Crippen LogP contribution >= 0.6 is 23.2 Å². The van der Waals surface area contributed by atoms with E-state index in [0.717, 1.165) is 11.3 Å². The van der Waals surface area contributed by atoms with Crippen LogP contribution in [-0.4, -0.2) is 15.9 Å². The van der Waals surface area contributed by atoms with E-state index >= 15 is 0 Å². The summed E-state index contributed by atoms with van der Waals surface area (Å²) in [5.41, 5.74) is 3.25. The second-order valence-corrected chi connectivity index (χ2v) is 6.61. The summed E-state index contributed by atoms with van der Waals surface area (Å²) in [5, 5.41) is 7.09. The Morgan fingerprint density at radius 1 is 0.923 bits per heavy atom. The van der Waals surface area contributed by atoms with Gasteiger partial charge >= 0.3 is 0 Å². The van der Waals surface area contributed by atoms with Gasteiger partial charge in [0.15, 0.2) is 0 Å². The van der Waals surface area contributed by atoms with Gasteiger partial charge in [0.25, 0.3) is 5.91 Å². The van der Waals surface area contributed by atoms with Crippen molar-refractivity contribution < 1.29 is 4.79 Å². The molecule has 2 aromatic carbocycles. The maximum absolute atomic E-state index is 12.5. The van der Waals surface area contributed by atoms with Crippen molar-refractivity contribution in [3.05, 3.63) is 75.5 Å². The quantitative estimate of drug-likeness (QED) is 0.629. The molecule has 7 heteroatoms. The molecular weight excluding hydrogens is 371 g/mol. The van der Waals surface area contributed by atoms with E-state index in [2.05, 4.69) is 20.6 Å². The first kappa shape index (κ1) is 18.2. The molecule has 1 heterocycles. The number of carbonyl (C=O) groups excluding carboxylic acids is 1. The van der Waals surface area contributed by atoms with Gasteiger partial charge in [-0.15, -0.1) is 0 Å². The lowest BCUT2D eigenvalue weighted by molar-refractivity contribution is 0.102. The predicted octanol–water partition coefficient (Wildman–Crippen LogP) is 5.40. The van der Waals surface area contributed by atoms with Crippen molar-refractivity contribution in [2.75, 3.05) is 10.6 Å². The van der Waals surface area contributed by atoms with E-state index in [1.165, 1.54) is 0 Å². The molecule has 1 aromatic heterocycles. The van der Waals surface area contributed by atoms with E-state index in [0.29, 0.717) is 27.4 Å². The second kappa shape index (κ2) is 7.72. The van der Waals surface area contributed by atoms with Crippen LogP contribution in [0.2, 0.25) is 10.0 Å². The highest BCUT2D eigenvalue weighted by molar-refractivity contribution is 6.31. The zero-order valence-electron chi connectivity index (χ0n) is 14.2. The number of benzene rings is 2. The number of carbonyl (C=O) groups is 1. The van der Waals surface area contributed by atoms with Crippen LogP contribution in [0.15, 0.2) is 48.5 Å². The minimum Gasteiger partial charge on any atom is -0.324 e. The Hall–Kier alpha value is -2.63. The van der Waals surface area contributed by atoms with Gasteiger partial charge in [0.05, 0.1) is 0 Å². The molecule has 0 saturated heterocycles. The number of hydrogen-bond acceptors (Lipinski definition) is 4. The highest BCUT2D eigenvalue weighted by atomic mass is 35.5. The molecule has 0 atom stereocenters. The summed E-state index contributed by atoms with van der Waals surface area (Å²) in [5.74, 6) is -0.00557. The fraction of sp³-hybridized carbons (Fsp3) is 0.105. The number of amides is 1. The Morgan fingerprint density at radius 2 is 1.62 bits per heavy atom. The van der Waals surface area contributed by atoms with E-state index in [1.54, 1.807) is 37.3 Å². The van der Waals surface area contributed by atoms with Crippen molar-refractivity contribution >= 4 is 46.4 Å². The molecule has 2 N–H and O–H groups in total. The van der Waals surface area contributed by atoms with Crippen molar-refractivity contribution in [2.45, 2.75) is 13.8 Å². The maximum Gasteiger partial charge on any atom is 0.274 e. The van der Waals surface area contributed by atoms with Crippen LogP contribution in [0, 0.1) is 13.8 Å². The SMILES string of the molecule is Cc1cc(C(=O)Nc2ccc(C)c(Cl)c2)nc(Nc2ccc(Cl)cc2)n1. The average molecular weight is 387 g/mol. The molecule has 0 radical (unpaired) electrons. The standard InChI is InChI=1S/C19H16Cl2N4O/c1-11-3-6-15(10-16(11)21)23-18(26)17-9-12(2)22-19(25-17)24-14-7-4-13(20)5-8-14/h3-10H,1-2H3,(H,23,26)(H,22,24,25). The minimum atomic E-state index is -0.338. The molecule has 1 amide bonds. The van der Waals surface area contributed by atoms with Crippen molar-refractivity contribution in [1.29, 1.82) is 0 Å². The highest BCUT2D eigenvalue weighted by Crippen LogP contribution is 2.21. The minimum absolute atomic E-state index is 0.255. The molecule has 3 rings (SSSR count). The number of anilines is 3. The van der Waals surface area contributed by atoms with Crippen LogP contribution in [0.1, 0.15) is 21.7 Å². The number of nitrogens with zero attached hydrogens (tertiary/aromatic N) is 2. The Morgan fingerprint density at radius 3 is 2.31 bits per heavy atom. The summed E-state index contributed by atoms with van der Waals surface area (Å²) >= 11 is 12.0. The van der Waals surface area contributed by atoms with Crippen molar-refractivity contribution in [1.82, 2.24) is 9.97 Å². The summed E-state index contributed by atoms with van der Waals surface area (Å²) in [7, 11) is 0. The fourth-order valence-corrected chi connectivity index (χ4v) is 2.58. The first-order chi connectivity index (χ1) is 12.4. The van der Waals surface area contributed by atoms with Gasteiger partial charge in [0, 0.05) is 27.1 Å². The Balaban J connectivity index is 1.80. The Bertz CT molecular complexity index is 958. The van der Waals surface area contributed by atoms with E-state index in [-0.39, 0.29) is 11.6 Å². The lowest BCUT2D eigenvalue weighted by Gasteiger charge is -2.10. The van der Waals surface area contributed by atoms with Gasteiger partial charge in [-0.3, -0.25) is 4.79 Å². The molecule has 5 nitrogen and oxygen atoms in total. The summed E-state index contributed by atoms with van der Waals surface area (Å²) in [6.45, 7) is 3.70. The average Bonchev–Trinajstić information content (AvgIpc) is 2.60. The van der Waals surface area contributed by atoms with Gasteiger partial charge < -0.3 is 10.6 Å². The third-order valence-electron chi connectivity index (χ3n) is 3.62. The Labute approximate surface area is 161 Å². The van der Waals surface area contributed by atoms with Gasteiger partial charge in [-0.1, -0.05) is 29.3 Å². The first-order valence-corrected chi connectivity index (χ1v) is 8.62. The van der Waals surface area contributed by atoms with Crippen LogP contribution in [0.4, 0.5) is 17.3 Å². The number of hydrogen-bond donors (Lipinski definition) is 2. The van der Waals surface area contributed by atoms with E-state index < -0.39 is 0 Å². The van der Waals surface area contributed by atoms with E-state index in [1.807, 2.05) is 25.1 Å². The molecule has 0 fully saturated rings. The van der Waals surface area contributed by atoms with Gasteiger partial charge in [-0.2, -0.15) is 0 Å². The Kier molecular flexibility index (Phi) is 5.40. The monoisotopic (exact) mass is 386 g/mol. The number of aromatic nitrogens is 2. The second-order valence-electron chi connectivity index (χ2n) is 5.77. The lowest BCUT2D eigenvalue weighted by Crippen LogP contribution is -2.15. The van der Waals surface area contributed by atoms with Crippen LogP contribution in [0.3, 0.4) is 0 Å². The zero-order valence-corrected chi connectivity index (χ0v) is 15.7. The maximum atomic E-state index is 12.5. The lowest BCUT2D eigenvalue weighted by atomic mass is 10.2. The largest absolute Gasteiger partial charge is 0.324 e. The van der Waals surface area contributed by atoms with Crippen LogP contribution in [0.25, 0.3) is 0 Å². The van der Waals surface area contributed by atoms with Gasteiger partial charge in [0.2, 0.25) is 5.95 Å². The molecule has 0 saturated carbocycles. The van der Waals surface area contributed by atoms with Gasteiger partial charge in [0.1, 0.15) is 5.69 Å². The smallest absolute Gasteiger partial charge is 0.274 e. The molecule has 0 unspecified atom stereocenters. The molecule has 0 aliphatic heterocycles. The van der Waals surface area contributed by atoms with Crippen molar-refractivity contribution in [2.24, 2.45) is 0 Å². The first-order valence-electron chi connectivity index (χ1n) is 7.86. The number of aryl methyl sites for hydroxylation is 2. The molecule has 0 aliphatic carbocycles. The zero-order chi connectivity index (χ0) is 18.7. The van der Waals surface area contributed by atoms with Crippen molar-refractivity contribution in [3.63, 3.8) is 0 Å². The molecule has 3 aromatic rings. The molecular formula is C19H16Cl2N4O. The summed E-state index contributed by atoms with van der Waals surface area (Å²) < 4.78 is 0. The van der Waals surface area contributed by atoms with Crippen molar-refractivity contribution in [3.8, 4) is 0 Å². The topological polar surface area (TPSA) is 66.9 Å². The van der Waals surface area contributed by atoms with Crippen LogP contribution in [-0.2, 0) is 0 Å². The molecule has 132 valence electrons. The van der Waals surface area contributed by atoms with E-state index in [9.17, 15) is 4.79 Å². The number of nitrogens with one attached hydrogen (secondary N) is 2. The third kappa shape index (κ3) is 4.50. The summed E-state index contributed by atoms with van der Waals surface area (Å²) in [6, 6.07) is 14.1. The molecule has 0 bridgehead atoms. The fourth-order valence-electron chi connectivity index (χ4n) is 2.27.